The van der Waals surface area contributed by atoms with Gasteiger partial charge in [0.2, 0.25) is 0 Å². The van der Waals surface area contributed by atoms with Gasteiger partial charge in [0.05, 0.1) is 0 Å². The molecule has 11 heavy (non-hydrogen) atoms. The largest absolute Gasteiger partial charge is 0.508 e. The fourth-order valence-corrected chi connectivity index (χ4v) is 1.48. The van der Waals surface area contributed by atoms with E-state index in [9.17, 15) is 4.57 Å². The van der Waals surface area contributed by atoms with Crippen LogP contribution in [0.4, 0.5) is 0 Å². The quantitative estimate of drug-likeness (QED) is 0.458. The zero-order valence-corrected chi connectivity index (χ0v) is 8.14. The maximum Gasteiger partial charge on any atom is 0.508 e. The van der Waals surface area contributed by atoms with Gasteiger partial charge in [-0.1, -0.05) is 19.9 Å². The number of hydrogen-bond donors (Lipinski definition) is 0. The van der Waals surface area contributed by atoms with Crippen LogP contribution in [0.2, 0.25) is 0 Å². The molecule has 0 spiro atoms. The normalized spacial score (nSPS) is 11.7. The Morgan fingerprint density at radius 2 is 2.27 bits per heavy atom. The minimum absolute atomic E-state index is 0.456. The molecule has 0 N–H and O–H groups in total. The van der Waals surface area contributed by atoms with Gasteiger partial charge in [0.15, 0.2) is 6.16 Å². The molecule has 2 nitrogen and oxygen atoms in total. The summed E-state index contributed by atoms with van der Waals surface area (Å²) < 4.78 is 16.1. The smallest absolute Gasteiger partial charge is 0.146 e. The Bertz CT molecular complexity index is 132. The van der Waals surface area contributed by atoms with Crippen LogP contribution in [0.5, 0.6) is 0 Å². The maximum atomic E-state index is 11.0. The Morgan fingerprint density at radius 1 is 1.64 bits per heavy atom. The van der Waals surface area contributed by atoms with E-state index in [1.54, 1.807) is 6.08 Å². The molecule has 64 valence electrons. The number of rotatable bonds is 6. The molecule has 0 bridgehead atoms. The van der Waals surface area contributed by atoms with E-state index in [1.165, 1.54) is 0 Å². The highest BCUT2D eigenvalue weighted by atomic mass is 31.1. The number of allylic oxidation sites excluding steroid dienone is 1. The molecule has 0 aliphatic heterocycles. The van der Waals surface area contributed by atoms with Crippen LogP contribution >= 0.6 is 8.03 Å². The summed E-state index contributed by atoms with van der Waals surface area (Å²) in [4.78, 5) is 0. The third-order valence-electron chi connectivity index (χ3n) is 1.07. The molecule has 0 radical (unpaired) electrons. The van der Waals surface area contributed by atoms with E-state index in [0.717, 1.165) is 6.42 Å². The van der Waals surface area contributed by atoms with Crippen LogP contribution in [-0.4, -0.2) is 12.8 Å². The van der Waals surface area contributed by atoms with Gasteiger partial charge in [0, 0.05) is 6.42 Å². The Hall–Kier alpha value is -0.200. The highest BCUT2D eigenvalue weighted by Gasteiger charge is 2.15. The van der Waals surface area contributed by atoms with Crippen molar-refractivity contribution in [3.05, 3.63) is 12.7 Å². The van der Waals surface area contributed by atoms with Crippen molar-refractivity contribution in [1.29, 1.82) is 0 Å². The molecule has 0 heterocycles. The van der Waals surface area contributed by atoms with Crippen LogP contribution in [0.15, 0.2) is 12.7 Å². The van der Waals surface area contributed by atoms with E-state index in [0.29, 0.717) is 18.7 Å². The van der Waals surface area contributed by atoms with Crippen molar-refractivity contribution in [2.75, 3.05) is 12.8 Å². The predicted octanol–water partition coefficient (Wildman–Crippen LogP) is 2.98. The highest BCUT2D eigenvalue weighted by molar-refractivity contribution is 7.39. The summed E-state index contributed by atoms with van der Waals surface area (Å²) in [7, 11) is -1.44. The van der Waals surface area contributed by atoms with E-state index in [4.69, 9.17) is 4.52 Å². The average Bonchev–Trinajstić information content (AvgIpc) is 1.97. The molecule has 0 fully saturated rings. The molecule has 0 aromatic heterocycles. The molecule has 0 aromatic rings. The fraction of sp³-hybridized carbons (Fsp3) is 0.750. The zero-order valence-electron chi connectivity index (χ0n) is 7.25. The van der Waals surface area contributed by atoms with Crippen molar-refractivity contribution >= 4 is 8.03 Å². The maximum absolute atomic E-state index is 11.0. The van der Waals surface area contributed by atoms with Gasteiger partial charge in [-0.2, -0.15) is 0 Å². The van der Waals surface area contributed by atoms with Gasteiger partial charge in [0.25, 0.3) is 0 Å². The first-order valence-corrected chi connectivity index (χ1v) is 5.21. The van der Waals surface area contributed by atoms with Crippen molar-refractivity contribution in [1.82, 2.24) is 0 Å². The summed E-state index contributed by atoms with van der Waals surface area (Å²) in [5.41, 5.74) is 0. The lowest BCUT2D eigenvalue weighted by molar-refractivity contribution is 0.283. The topological polar surface area (TPSA) is 26.3 Å². The fourth-order valence-electron chi connectivity index (χ4n) is 0.493. The lowest BCUT2D eigenvalue weighted by Gasteiger charge is -1.94. The van der Waals surface area contributed by atoms with Gasteiger partial charge in [-0.25, -0.2) is 0 Å². The zero-order chi connectivity index (χ0) is 8.69. The summed E-state index contributed by atoms with van der Waals surface area (Å²) in [6.45, 7) is 8.21. The third-order valence-corrected chi connectivity index (χ3v) is 2.13. The molecule has 0 aliphatic carbocycles. The molecule has 0 amide bonds. The summed E-state index contributed by atoms with van der Waals surface area (Å²) in [6.07, 6.45) is 3.13. The molecule has 0 aliphatic rings. The van der Waals surface area contributed by atoms with Crippen molar-refractivity contribution in [3.8, 4) is 0 Å². The average molecular weight is 175 g/mol. The molecule has 0 saturated heterocycles. The summed E-state index contributed by atoms with van der Waals surface area (Å²) in [6, 6.07) is 0. The van der Waals surface area contributed by atoms with Gasteiger partial charge < -0.3 is 0 Å². The van der Waals surface area contributed by atoms with Crippen LogP contribution in [0.25, 0.3) is 0 Å². The Kier molecular flexibility index (Phi) is 6.39. The molecule has 0 aromatic carbocycles. The monoisotopic (exact) mass is 175 g/mol. The first kappa shape index (κ1) is 10.8. The van der Waals surface area contributed by atoms with Crippen molar-refractivity contribution in [2.24, 2.45) is 5.92 Å². The van der Waals surface area contributed by atoms with Gasteiger partial charge in [-0.05, 0) is 10.5 Å². The van der Waals surface area contributed by atoms with Crippen LogP contribution in [0, 0.1) is 5.92 Å². The second-order valence-corrected chi connectivity index (χ2v) is 4.19. The van der Waals surface area contributed by atoms with E-state index < -0.39 is 8.03 Å². The molecular weight excluding hydrogens is 159 g/mol. The molecule has 0 saturated carbocycles. The second kappa shape index (κ2) is 6.51. The van der Waals surface area contributed by atoms with E-state index >= 15 is 0 Å². The van der Waals surface area contributed by atoms with Crippen molar-refractivity contribution < 1.29 is 9.09 Å². The van der Waals surface area contributed by atoms with E-state index in [2.05, 4.69) is 6.58 Å². The van der Waals surface area contributed by atoms with Gasteiger partial charge in [0.1, 0.15) is 6.61 Å². The van der Waals surface area contributed by atoms with Crippen LogP contribution in [-0.2, 0) is 9.09 Å². The standard InChI is InChI=1S/C8H16O2P/c1-4-5-6-11(9)10-7-8(2)3/h4,8H,1,5-7H2,2-3H3/q+1. The third kappa shape index (κ3) is 7.70. The lowest BCUT2D eigenvalue weighted by atomic mass is 10.2. The molecule has 3 heteroatoms. The Morgan fingerprint density at radius 3 is 2.73 bits per heavy atom. The lowest BCUT2D eigenvalue weighted by Crippen LogP contribution is -1.96. The Balaban J connectivity index is 3.29. The first-order chi connectivity index (χ1) is 5.16. The van der Waals surface area contributed by atoms with Crippen LogP contribution < -0.4 is 0 Å². The molecule has 1 unspecified atom stereocenters. The van der Waals surface area contributed by atoms with Gasteiger partial charge >= 0.3 is 8.03 Å². The van der Waals surface area contributed by atoms with Crippen LogP contribution in [0.3, 0.4) is 0 Å². The van der Waals surface area contributed by atoms with Crippen LogP contribution in [0.1, 0.15) is 20.3 Å². The van der Waals surface area contributed by atoms with Crippen molar-refractivity contribution in [3.63, 3.8) is 0 Å². The first-order valence-electron chi connectivity index (χ1n) is 3.85. The summed E-state index contributed by atoms with van der Waals surface area (Å²) in [5.74, 6) is 0.456. The van der Waals surface area contributed by atoms with Crippen molar-refractivity contribution in [2.45, 2.75) is 20.3 Å². The summed E-state index contributed by atoms with van der Waals surface area (Å²) >= 11 is 0. The van der Waals surface area contributed by atoms with E-state index in [1.807, 2.05) is 13.8 Å². The second-order valence-electron chi connectivity index (χ2n) is 2.82. The predicted molar refractivity (Wildman–Crippen MR) is 48.1 cm³/mol. The molecule has 0 rings (SSSR count). The minimum Gasteiger partial charge on any atom is -0.146 e. The number of hydrogen-bond acceptors (Lipinski definition) is 2. The van der Waals surface area contributed by atoms with Gasteiger partial charge in [-0.15, -0.1) is 11.1 Å². The minimum atomic E-state index is -1.44. The highest BCUT2D eigenvalue weighted by Crippen LogP contribution is 2.23. The van der Waals surface area contributed by atoms with Gasteiger partial charge in [-0.3, -0.25) is 0 Å². The van der Waals surface area contributed by atoms with E-state index in [-0.39, 0.29) is 0 Å². The molecular formula is C8H16O2P+. The summed E-state index contributed by atoms with van der Waals surface area (Å²) in [5, 5.41) is 0. The Labute approximate surface area is 69.5 Å². The SMILES string of the molecule is C=CCC[P+](=O)OCC(C)C. The molecule has 1 atom stereocenters.